The van der Waals surface area contributed by atoms with Gasteiger partial charge in [-0.05, 0) is 54.2 Å². The second kappa shape index (κ2) is 8.69. The van der Waals surface area contributed by atoms with Crippen LogP contribution in [-0.2, 0) is 11.3 Å². The second-order valence-electron chi connectivity index (χ2n) is 6.30. The third kappa shape index (κ3) is 4.27. The number of hydrogen-bond donors (Lipinski definition) is 0. The van der Waals surface area contributed by atoms with E-state index >= 15 is 0 Å². The zero-order chi connectivity index (χ0) is 21.4. The lowest BCUT2D eigenvalue weighted by atomic mass is 10.2. The molecule has 2 heterocycles. The van der Waals surface area contributed by atoms with Crippen molar-refractivity contribution in [1.29, 1.82) is 0 Å². The fourth-order valence-electron chi connectivity index (χ4n) is 2.84. The van der Waals surface area contributed by atoms with Crippen LogP contribution in [0.25, 0.3) is 17.4 Å². The molecule has 0 saturated carbocycles. The van der Waals surface area contributed by atoms with Crippen molar-refractivity contribution in [3.8, 4) is 11.3 Å². The van der Waals surface area contributed by atoms with Gasteiger partial charge in [-0.1, -0.05) is 52.5 Å². The van der Waals surface area contributed by atoms with E-state index in [-0.39, 0.29) is 11.4 Å². The first-order chi connectivity index (χ1) is 14.3. The van der Waals surface area contributed by atoms with Crippen molar-refractivity contribution in [2.24, 2.45) is 0 Å². The maximum absolute atomic E-state index is 12.8. The molecule has 1 aliphatic heterocycles. The van der Waals surface area contributed by atoms with Crippen LogP contribution in [0.15, 0.2) is 57.9 Å². The van der Waals surface area contributed by atoms with E-state index in [1.54, 1.807) is 48.5 Å². The van der Waals surface area contributed by atoms with Gasteiger partial charge in [-0.2, -0.15) is 0 Å². The molecular formula is C21H11Cl4NO3S. The van der Waals surface area contributed by atoms with Gasteiger partial charge in [-0.3, -0.25) is 14.5 Å². The standard InChI is InChI=1S/C21H11Cl4NO3S/c22-14-2-1-3-15(23)13(14)10-26-20(27)19(30-21(26)28)9-12-5-7-18(29-12)11-4-6-16(24)17(25)8-11/h1-9H,10H2/b19-9-. The van der Waals surface area contributed by atoms with Gasteiger partial charge in [-0.15, -0.1) is 0 Å². The lowest BCUT2D eigenvalue weighted by Crippen LogP contribution is -2.27. The van der Waals surface area contributed by atoms with Gasteiger partial charge < -0.3 is 4.42 Å². The average Bonchev–Trinajstić information content (AvgIpc) is 3.27. The predicted molar refractivity (Wildman–Crippen MR) is 122 cm³/mol. The molecule has 1 aromatic heterocycles. The fourth-order valence-corrected chi connectivity index (χ4v) is 4.48. The van der Waals surface area contributed by atoms with Crippen LogP contribution in [0.1, 0.15) is 11.3 Å². The summed E-state index contributed by atoms with van der Waals surface area (Å²) in [6, 6.07) is 13.6. The Morgan fingerprint density at radius 1 is 0.900 bits per heavy atom. The lowest BCUT2D eigenvalue weighted by molar-refractivity contribution is -0.123. The summed E-state index contributed by atoms with van der Waals surface area (Å²) in [5, 5.41) is 1.23. The molecule has 152 valence electrons. The number of amides is 2. The first kappa shape index (κ1) is 21.3. The average molecular weight is 499 g/mol. The van der Waals surface area contributed by atoms with E-state index in [0.29, 0.717) is 37.2 Å². The van der Waals surface area contributed by atoms with Crippen LogP contribution in [0.5, 0.6) is 0 Å². The Morgan fingerprint density at radius 2 is 1.63 bits per heavy atom. The van der Waals surface area contributed by atoms with Crippen molar-refractivity contribution in [1.82, 2.24) is 4.90 Å². The van der Waals surface area contributed by atoms with Crippen molar-refractivity contribution < 1.29 is 14.0 Å². The van der Waals surface area contributed by atoms with Crippen molar-refractivity contribution >= 4 is 75.4 Å². The first-order valence-electron chi connectivity index (χ1n) is 8.57. The summed E-state index contributed by atoms with van der Waals surface area (Å²) in [4.78, 5) is 26.5. The Labute approximate surface area is 196 Å². The van der Waals surface area contributed by atoms with Gasteiger partial charge in [0.1, 0.15) is 11.5 Å². The summed E-state index contributed by atoms with van der Waals surface area (Å²) in [5.41, 5.74) is 1.26. The molecule has 0 N–H and O–H groups in total. The summed E-state index contributed by atoms with van der Waals surface area (Å²) in [7, 11) is 0. The molecule has 0 atom stereocenters. The Hall–Kier alpha value is -1.89. The van der Waals surface area contributed by atoms with E-state index in [0.717, 1.165) is 22.2 Å². The van der Waals surface area contributed by atoms with Gasteiger partial charge in [0, 0.05) is 27.2 Å². The van der Waals surface area contributed by atoms with Crippen LogP contribution in [-0.4, -0.2) is 16.0 Å². The molecule has 1 fully saturated rings. The second-order valence-corrected chi connectivity index (χ2v) is 8.92. The van der Waals surface area contributed by atoms with Crippen LogP contribution in [0.2, 0.25) is 20.1 Å². The molecule has 0 bridgehead atoms. The maximum atomic E-state index is 12.8. The molecule has 3 aromatic rings. The van der Waals surface area contributed by atoms with Gasteiger partial charge in [-0.25, -0.2) is 0 Å². The SMILES string of the molecule is O=C1S/C(=C\c2ccc(-c3ccc(Cl)c(Cl)c3)o2)C(=O)N1Cc1c(Cl)cccc1Cl. The topological polar surface area (TPSA) is 50.5 Å². The van der Waals surface area contributed by atoms with Crippen LogP contribution in [0.3, 0.4) is 0 Å². The van der Waals surface area contributed by atoms with Crippen molar-refractivity contribution in [3.05, 3.63) is 84.9 Å². The summed E-state index contributed by atoms with van der Waals surface area (Å²) in [6.07, 6.45) is 1.53. The molecule has 30 heavy (non-hydrogen) atoms. The van der Waals surface area contributed by atoms with Gasteiger partial charge in [0.05, 0.1) is 21.5 Å². The highest BCUT2D eigenvalue weighted by atomic mass is 35.5. The number of halogens is 4. The number of carbonyl (C=O) groups excluding carboxylic acids is 2. The highest BCUT2D eigenvalue weighted by molar-refractivity contribution is 8.18. The van der Waals surface area contributed by atoms with Gasteiger partial charge >= 0.3 is 0 Å². The highest BCUT2D eigenvalue weighted by Gasteiger charge is 2.36. The Balaban J connectivity index is 1.57. The summed E-state index contributed by atoms with van der Waals surface area (Å²) in [6.45, 7) is -0.00675. The Bertz CT molecular complexity index is 1180. The molecule has 0 radical (unpaired) electrons. The van der Waals surface area contributed by atoms with Crippen molar-refractivity contribution in [2.75, 3.05) is 0 Å². The van der Waals surface area contributed by atoms with E-state index in [9.17, 15) is 9.59 Å². The molecule has 2 amide bonds. The summed E-state index contributed by atoms with van der Waals surface area (Å²) in [5.74, 6) is 0.549. The third-order valence-electron chi connectivity index (χ3n) is 4.36. The van der Waals surface area contributed by atoms with Gasteiger partial charge in [0.25, 0.3) is 11.1 Å². The first-order valence-corrected chi connectivity index (χ1v) is 10.9. The minimum absolute atomic E-state index is 0.00675. The maximum Gasteiger partial charge on any atom is 0.293 e. The highest BCUT2D eigenvalue weighted by Crippen LogP contribution is 2.36. The number of benzene rings is 2. The molecule has 9 heteroatoms. The van der Waals surface area contributed by atoms with E-state index < -0.39 is 11.1 Å². The number of imide groups is 1. The molecule has 2 aromatic carbocycles. The zero-order valence-corrected chi connectivity index (χ0v) is 18.8. The van der Waals surface area contributed by atoms with Crippen LogP contribution >= 0.6 is 58.2 Å². The molecular weight excluding hydrogens is 488 g/mol. The van der Waals surface area contributed by atoms with Crippen LogP contribution in [0.4, 0.5) is 4.79 Å². The number of furan rings is 1. The third-order valence-corrected chi connectivity index (χ3v) is 6.71. The minimum Gasteiger partial charge on any atom is -0.457 e. The predicted octanol–water partition coefficient (Wildman–Crippen LogP) is 7.80. The van der Waals surface area contributed by atoms with E-state index in [1.165, 1.54) is 6.08 Å². The van der Waals surface area contributed by atoms with Crippen molar-refractivity contribution in [2.45, 2.75) is 6.54 Å². The quantitative estimate of drug-likeness (QED) is 0.344. The largest absolute Gasteiger partial charge is 0.457 e. The fraction of sp³-hybridized carbons (Fsp3) is 0.0476. The number of nitrogens with zero attached hydrogens (tertiary/aromatic N) is 1. The van der Waals surface area contributed by atoms with Gasteiger partial charge in [0.15, 0.2) is 0 Å². The molecule has 1 aliphatic rings. The Kier molecular flexibility index (Phi) is 6.19. The molecule has 4 nitrogen and oxygen atoms in total. The van der Waals surface area contributed by atoms with E-state index in [1.807, 2.05) is 0 Å². The summed E-state index contributed by atoms with van der Waals surface area (Å²) < 4.78 is 5.79. The van der Waals surface area contributed by atoms with Gasteiger partial charge in [0.2, 0.25) is 0 Å². The minimum atomic E-state index is -0.437. The Morgan fingerprint density at radius 3 is 2.33 bits per heavy atom. The van der Waals surface area contributed by atoms with E-state index in [2.05, 4.69) is 0 Å². The number of hydrogen-bond acceptors (Lipinski definition) is 4. The number of rotatable bonds is 4. The molecule has 0 aliphatic carbocycles. The van der Waals surface area contributed by atoms with Crippen LogP contribution < -0.4 is 0 Å². The van der Waals surface area contributed by atoms with Crippen molar-refractivity contribution in [3.63, 3.8) is 0 Å². The summed E-state index contributed by atoms with van der Waals surface area (Å²) >= 11 is 25.2. The monoisotopic (exact) mass is 497 g/mol. The molecule has 0 unspecified atom stereocenters. The number of carbonyl (C=O) groups is 2. The molecule has 4 rings (SSSR count). The molecule has 0 spiro atoms. The normalized spacial score (nSPS) is 15.5. The lowest BCUT2D eigenvalue weighted by Gasteiger charge is -2.14. The molecule has 1 saturated heterocycles. The number of thioether (sulfide) groups is 1. The van der Waals surface area contributed by atoms with E-state index in [4.69, 9.17) is 50.8 Å². The van der Waals surface area contributed by atoms with Crippen LogP contribution in [0, 0.1) is 0 Å². The smallest absolute Gasteiger partial charge is 0.293 e. The zero-order valence-electron chi connectivity index (χ0n) is 15.0.